The van der Waals surface area contributed by atoms with E-state index in [0.29, 0.717) is 17.3 Å². The van der Waals surface area contributed by atoms with E-state index in [0.717, 1.165) is 23.7 Å². The van der Waals surface area contributed by atoms with Gasteiger partial charge in [0.25, 0.3) is 0 Å². The molecule has 0 bridgehead atoms. The van der Waals surface area contributed by atoms with Crippen molar-refractivity contribution in [2.45, 2.75) is 57.8 Å². The average Bonchev–Trinajstić information content (AvgIpc) is 3.24. The molecule has 6 heteroatoms. The summed E-state index contributed by atoms with van der Waals surface area (Å²) in [6, 6.07) is 7.83. The molecule has 1 atom stereocenters. The maximum Gasteiger partial charge on any atom is 0.250 e. The fraction of sp³-hybridized carbons (Fsp3) is 0.500. The number of thiazole rings is 1. The van der Waals surface area contributed by atoms with Gasteiger partial charge in [0.1, 0.15) is 16.5 Å². The van der Waals surface area contributed by atoms with E-state index in [1.54, 1.807) is 11.3 Å². The number of hydrogen-bond donors (Lipinski definition) is 1. The lowest BCUT2D eigenvalue weighted by Gasteiger charge is -2.36. The number of carbonyl (C=O) groups is 1. The molecule has 1 N–H and O–H groups in total. The second kappa shape index (κ2) is 7.25. The summed E-state index contributed by atoms with van der Waals surface area (Å²) < 4.78 is 6.34. The number of carbonyl (C=O) groups excluding carboxylic acids is 1. The van der Waals surface area contributed by atoms with E-state index in [1.165, 1.54) is 6.42 Å². The van der Waals surface area contributed by atoms with Gasteiger partial charge in [-0.3, -0.25) is 4.79 Å². The predicted octanol–water partition coefficient (Wildman–Crippen LogP) is 5.18. The molecule has 1 aromatic carbocycles. The van der Waals surface area contributed by atoms with Gasteiger partial charge < -0.3 is 9.74 Å². The number of aromatic nitrogens is 1. The summed E-state index contributed by atoms with van der Waals surface area (Å²) in [5.41, 5.74) is 1.17. The highest BCUT2D eigenvalue weighted by molar-refractivity contribution is 7.10. The van der Waals surface area contributed by atoms with Crippen molar-refractivity contribution in [2.75, 3.05) is 6.54 Å². The first-order valence-corrected chi connectivity index (χ1v) is 13.0. The number of ketones is 1. The van der Waals surface area contributed by atoms with Gasteiger partial charge in [-0.1, -0.05) is 32.9 Å². The molecule has 0 saturated carbocycles. The van der Waals surface area contributed by atoms with Gasteiger partial charge >= 0.3 is 0 Å². The van der Waals surface area contributed by atoms with Crippen molar-refractivity contribution in [2.24, 2.45) is 0 Å². The third-order valence-corrected chi connectivity index (χ3v) is 10.7. The van der Waals surface area contributed by atoms with Crippen LogP contribution in [0.4, 0.5) is 0 Å². The Balaban J connectivity index is 1.78. The van der Waals surface area contributed by atoms with Crippen LogP contribution >= 0.6 is 11.3 Å². The van der Waals surface area contributed by atoms with Gasteiger partial charge in [-0.25, -0.2) is 4.98 Å². The first-order chi connectivity index (χ1) is 12.2. The number of nitrogens with one attached hydrogen (secondary N) is 1. The molecule has 1 aliphatic heterocycles. The van der Waals surface area contributed by atoms with Gasteiger partial charge in [-0.05, 0) is 49.7 Å². The van der Waals surface area contributed by atoms with Crippen molar-refractivity contribution in [3.8, 4) is 5.75 Å². The molecular weight excluding hydrogens is 360 g/mol. The van der Waals surface area contributed by atoms with Crippen molar-refractivity contribution >= 4 is 25.4 Å². The molecule has 3 rings (SSSR count). The summed E-state index contributed by atoms with van der Waals surface area (Å²) in [6.07, 6.45) is 2.26. The van der Waals surface area contributed by atoms with Crippen LogP contribution in [-0.4, -0.2) is 25.6 Å². The van der Waals surface area contributed by atoms with Gasteiger partial charge in [-0.15, -0.1) is 11.3 Å². The molecule has 1 aliphatic rings. The fourth-order valence-electron chi connectivity index (χ4n) is 2.74. The van der Waals surface area contributed by atoms with E-state index in [-0.39, 0.29) is 10.8 Å². The average molecular weight is 389 g/mol. The standard InChI is InChI=1S/C20H28N2O2SSi/c1-20(2,3)26(4,5)24-15-9-6-8-14(12-15)18(23)17-13-25-19(22-17)16-10-7-11-21-16/h6,8-9,12-13,16,21H,7,10-11H2,1-5H3. The summed E-state index contributed by atoms with van der Waals surface area (Å²) in [4.78, 5) is 17.5. The van der Waals surface area contributed by atoms with Crippen molar-refractivity contribution in [1.29, 1.82) is 0 Å². The monoisotopic (exact) mass is 388 g/mol. The number of benzene rings is 1. The quantitative estimate of drug-likeness (QED) is 0.566. The molecule has 1 saturated heterocycles. The Hall–Kier alpha value is -1.50. The lowest BCUT2D eigenvalue weighted by molar-refractivity contribution is 0.103. The lowest BCUT2D eigenvalue weighted by Crippen LogP contribution is -2.43. The molecule has 26 heavy (non-hydrogen) atoms. The van der Waals surface area contributed by atoms with Crippen molar-refractivity contribution < 1.29 is 9.22 Å². The van der Waals surface area contributed by atoms with Crippen molar-refractivity contribution in [3.63, 3.8) is 0 Å². The van der Waals surface area contributed by atoms with E-state index >= 15 is 0 Å². The van der Waals surface area contributed by atoms with E-state index < -0.39 is 8.32 Å². The maximum absolute atomic E-state index is 12.9. The van der Waals surface area contributed by atoms with Crippen LogP contribution in [0.5, 0.6) is 5.75 Å². The molecule has 0 aliphatic carbocycles. The maximum atomic E-state index is 12.9. The topological polar surface area (TPSA) is 51.2 Å². The molecular formula is C20H28N2O2SSi. The highest BCUT2D eigenvalue weighted by atomic mass is 32.1. The largest absolute Gasteiger partial charge is 0.543 e. The van der Waals surface area contributed by atoms with E-state index in [1.807, 2.05) is 29.6 Å². The molecule has 2 aromatic rings. The van der Waals surface area contributed by atoms with Gasteiger partial charge in [0.15, 0.2) is 0 Å². The van der Waals surface area contributed by atoms with Gasteiger partial charge in [0.05, 0.1) is 6.04 Å². The second-order valence-electron chi connectivity index (χ2n) is 8.44. The van der Waals surface area contributed by atoms with Crippen LogP contribution in [-0.2, 0) is 0 Å². The van der Waals surface area contributed by atoms with Crippen LogP contribution in [0.3, 0.4) is 0 Å². The van der Waals surface area contributed by atoms with Crippen LogP contribution in [0.25, 0.3) is 0 Å². The Bertz CT molecular complexity index is 789. The summed E-state index contributed by atoms with van der Waals surface area (Å²) in [6.45, 7) is 12.1. The molecule has 0 spiro atoms. The first-order valence-electron chi connectivity index (χ1n) is 9.20. The number of nitrogens with zero attached hydrogens (tertiary/aromatic N) is 1. The molecule has 4 nitrogen and oxygen atoms in total. The van der Waals surface area contributed by atoms with Crippen LogP contribution < -0.4 is 9.74 Å². The number of hydrogen-bond acceptors (Lipinski definition) is 5. The SMILES string of the molecule is CC(C)(C)[Si](C)(C)Oc1cccc(C(=O)c2csc(C3CCCN3)n2)c1. The molecule has 1 fully saturated rings. The van der Waals surface area contributed by atoms with Crippen molar-refractivity contribution in [3.05, 3.63) is 45.9 Å². The summed E-state index contributed by atoms with van der Waals surface area (Å²) in [5.74, 6) is 0.738. The zero-order chi connectivity index (χ0) is 18.9. The Labute approximate surface area is 161 Å². The fourth-order valence-corrected chi connectivity index (χ4v) is 4.67. The van der Waals surface area contributed by atoms with Gasteiger partial charge in [0, 0.05) is 10.9 Å². The Morgan fingerprint density at radius 3 is 2.77 bits per heavy atom. The van der Waals surface area contributed by atoms with E-state index in [4.69, 9.17) is 4.43 Å². The number of rotatable bonds is 5. The van der Waals surface area contributed by atoms with Crippen LogP contribution in [0.15, 0.2) is 29.6 Å². The van der Waals surface area contributed by atoms with Crippen LogP contribution in [0.1, 0.15) is 60.7 Å². The first kappa shape index (κ1) is 19.3. The molecule has 0 amide bonds. The van der Waals surface area contributed by atoms with Crippen LogP contribution in [0.2, 0.25) is 18.1 Å². The second-order valence-corrected chi connectivity index (χ2v) is 14.1. The van der Waals surface area contributed by atoms with E-state index in [2.05, 4.69) is 44.2 Å². The Kier molecular flexibility index (Phi) is 5.37. The molecule has 2 heterocycles. The third-order valence-electron chi connectivity index (χ3n) is 5.39. The van der Waals surface area contributed by atoms with Crippen LogP contribution in [0, 0.1) is 0 Å². The lowest BCUT2D eigenvalue weighted by atomic mass is 10.1. The van der Waals surface area contributed by atoms with E-state index in [9.17, 15) is 4.79 Å². The molecule has 0 radical (unpaired) electrons. The minimum atomic E-state index is -1.93. The summed E-state index contributed by atoms with van der Waals surface area (Å²) in [7, 11) is -1.93. The van der Waals surface area contributed by atoms with Gasteiger partial charge in [0.2, 0.25) is 14.1 Å². The third kappa shape index (κ3) is 4.08. The molecule has 1 aromatic heterocycles. The highest BCUT2D eigenvalue weighted by Gasteiger charge is 2.39. The molecule has 140 valence electrons. The summed E-state index contributed by atoms with van der Waals surface area (Å²) >= 11 is 1.57. The Morgan fingerprint density at radius 1 is 1.35 bits per heavy atom. The summed E-state index contributed by atoms with van der Waals surface area (Å²) in [5, 5.41) is 6.44. The van der Waals surface area contributed by atoms with Crippen molar-refractivity contribution in [1.82, 2.24) is 10.3 Å². The minimum Gasteiger partial charge on any atom is -0.543 e. The smallest absolute Gasteiger partial charge is 0.250 e. The predicted molar refractivity (Wildman–Crippen MR) is 110 cm³/mol. The zero-order valence-electron chi connectivity index (χ0n) is 16.3. The zero-order valence-corrected chi connectivity index (χ0v) is 18.1. The molecule has 1 unspecified atom stereocenters. The minimum absolute atomic E-state index is 0.0359. The Morgan fingerprint density at radius 2 is 2.12 bits per heavy atom. The van der Waals surface area contributed by atoms with Gasteiger partial charge in [-0.2, -0.15) is 0 Å². The normalized spacial score (nSPS) is 18.1. The highest BCUT2D eigenvalue weighted by Crippen LogP contribution is 2.37.